The van der Waals surface area contributed by atoms with Crippen molar-refractivity contribution in [2.75, 3.05) is 24.9 Å². The van der Waals surface area contributed by atoms with Crippen molar-refractivity contribution in [3.05, 3.63) is 35.3 Å². The van der Waals surface area contributed by atoms with Gasteiger partial charge in [-0.25, -0.2) is 13.4 Å². The van der Waals surface area contributed by atoms with Gasteiger partial charge in [0.2, 0.25) is 5.91 Å². The third-order valence-corrected chi connectivity index (χ3v) is 7.17. The number of amides is 1. The largest absolute Gasteiger partial charge is 0.497 e. The Morgan fingerprint density at radius 1 is 1.29 bits per heavy atom. The van der Waals surface area contributed by atoms with Gasteiger partial charge in [0.25, 0.3) is 10.0 Å². The molecule has 1 saturated heterocycles. The van der Waals surface area contributed by atoms with E-state index >= 15 is 0 Å². The highest BCUT2D eigenvalue weighted by molar-refractivity contribution is 7.93. The molecule has 0 unspecified atom stereocenters. The number of aryl methyl sites for hydroxylation is 1. The van der Waals surface area contributed by atoms with Crippen LogP contribution in [0.4, 0.5) is 5.13 Å². The molecule has 0 spiro atoms. The molecule has 1 N–H and O–H groups in total. The van der Waals surface area contributed by atoms with Gasteiger partial charge in [-0.3, -0.25) is 9.52 Å². The molecule has 1 aromatic heterocycles. The number of nitrogens with zero attached hydrogens (tertiary/aromatic N) is 2. The molecule has 2 heterocycles. The molecular weight excluding hydrogens is 398 g/mol. The Morgan fingerprint density at radius 3 is 2.61 bits per heavy atom. The van der Waals surface area contributed by atoms with Gasteiger partial charge < -0.3 is 9.64 Å². The first kappa shape index (κ1) is 20.6. The second-order valence-corrected chi connectivity index (χ2v) is 9.53. The molecule has 152 valence electrons. The zero-order chi connectivity index (χ0) is 20.1. The number of anilines is 1. The van der Waals surface area contributed by atoms with Crippen LogP contribution in [0.3, 0.4) is 0 Å². The molecule has 3 rings (SSSR count). The van der Waals surface area contributed by atoms with E-state index in [0.29, 0.717) is 29.6 Å². The molecule has 28 heavy (non-hydrogen) atoms. The molecule has 1 fully saturated rings. The van der Waals surface area contributed by atoms with Crippen molar-refractivity contribution < 1.29 is 17.9 Å². The lowest BCUT2D eigenvalue weighted by Crippen LogP contribution is -2.38. The number of ether oxygens (including phenoxy) is 1. The van der Waals surface area contributed by atoms with Crippen molar-refractivity contribution in [2.24, 2.45) is 5.92 Å². The van der Waals surface area contributed by atoms with Crippen LogP contribution in [0, 0.1) is 5.92 Å². The minimum atomic E-state index is -3.71. The molecule has 1 aromatic carbocycles. The topological polar surface area (TPSA) is 88.6 Å². The van der Waals surface area contributed by atoms with E-state index in [9.17, 15) is 13.2 Å². The Hall–Kier alpha value is -2.13. The molecule has 1 aliphatic rings. The molecule has 0 aliphatic carbocycles. The average Bonchev–Trinajstić information content (AvgIpc) is 3.13. The first-order chi connectivity index (χ1) is 13.4. The van der Waals surface area contributed by atoms with Crippen molar-refractivity contribution in [1.82, 2.24) is 9.88 Å². The second-order valence-electron chi connectivity index (χ2n) is 6.99. The molecule has 2 aromatic rings. The SMILES string of the molecule is COc1ccc(S(=O)(=O)Nc2nc(CCC(=O)N3CCC(C)CC3)cs2)cc1. The fourth-order valence-corrected chi connectivity index (χ4v) is 5.05. The average molecular weight is 424 g/mol. The van der Waals surface area contributed by atoms with Crippen molar-refractivity contribution >= 4 is 32.4 Å². The van der Waals surface area contributed by atoms with E-state index in [1.165, 1.54) is 30.6 Å². The van der Waals surface area contributed by atoms with E-state index in [-0.39, 0.29) is 10.8 Å². The summed E-state index contributed by atoms with van der Waals surface area (Å²) < 4.78 is 32.5. The Morgan fingerprint density at radius 2 is 1.96 bits per heavy atom. The zero-order valence-corrected chi connectivity index (χ0v) is 17.7. The van der Waals surface area contributed by atoms with E-state index in [2.05, 4.69) is 16.6 Å². The van der Waals surface area contributed by atoms with Gasteiger partial charge in [0.15, 0.2) is 5.13 Å². The van der Waals surface area contributed by atoms with Crippen LogP contribution in [-0.4, -0.2) is 44.4 Å². The summed E-state index contributed by atoms with van der Waals surface area (Å²) in [4.78, 5) is 18.7. The third-order valence-electron chi connectivity index (χ3n) is 4.87. The lowest BCUT2D eigenvalue weighted by Gasteiger charge is -2.30. The third kappa shape index (κ3) is 5.23. The van der Waals surface area contributed by atoms with E-state index in [1.54, 1.807) is 17.5 Å². The minimum absolute atomic E-state index is 0.138. The molecule has 0 radical (unpaired) electrons. The van der Waals surface area contributed by atoms with Crippen LogP contribution < -0.4 is 9.46 Å². The standard InChI is InChI=1S/C19H25N3O4S2/c1-14-9-11-22(12-10-14)18(23)8-3-15-13-27-19(20-15)21-28(24,25)17-6-4-16(26-2)5-7-17/h4-7,13-14H,3,8-12H2,1-2H3,(H,20,21). The molecule has 7 nitrogen and oxygen atoms in total. The lowest BCUT2D eigenvalue weighted by molar-refractivity contribution is -0.132. The molecule has 9 heteroatoms. The number of benzene rings is 1. The van der Waals surface area contributed by atoms with Gasteiger partial charge in [-0.05, 0) is 49.4 Å². The maximum absolute atomic E-state index is 12.5. The number of aromatic nitrogens is 1. The monoisotopic (exact) mass is 423 g/mol. The van der Waals surface area contributed by atoms with Crippen LogP contribution >= 0.6 is 11.3 Å². The second kappa shape index (κ2) is 8.91. The van der Waals surface area contributed by atoms with Gasteiger partial charge in [-0.2, -0.15) is 0 Å². The molecule has 1 aliphatic heterocycles. The van der Waals surface area contributed by atoms with Gasteiger partial charge in [-0.1, -0.05) is 6.92 Å². The predicted octanol–water partition coefficient (Wildman–Crippen LogP) is 3.14. The maximum Gasteiger partial charge on any atom is 0.263 e. The Labute approximate surface area is 169 Å². The van der Waals surface area contributed by atoms with Crippen molar-refractivity contribution in [3.8, 4) is 5.75 Å². The predicted molar refractivity (Wildman–Crippen MR) is 109 cm³/mol. The zero-order valence-electron chi connectivity index (χ0n) is 16.1. The summed E-state index contributed by atoms with van der Waals surface area (Å²) in [6.45, 7) is 3.86. The van der Waals surface area contributed by atoms with Crippen molar-refractivity contribution in [3.63, 3.8) is 0 Å². The Balaban J connectivity index is 1.55. The summed E-state index contributed by atoms with van der Waals surface area (Å²) >= 11 is 1.22. The first-order valence-corrected chi connectivity index (χ1v) is 11.6. The quantitative estimate of drug-likeness (QED) is 0.739. The molecular formula is C19H25N3O4S2. The van der Waals surface area contributed by atoms with Crippen molar-refractivity contribution in [2.45, 2.75) is 37.5 Å². The fraction of sp³-hybridized carbons (Fsp3) is 0.474. The maximum atomic E-state index is 12.5. The normalized spacial score (nSPS) is 15.4. The van der Waals surface area contributed by atoms with Crippen LogP contribution in [0.5, 0.6) is 5.75 Å². The Kier molecular flexibility index (Phi) is 6.56. The number of thiazole rings is 1. The number of carbonyl (C=O) groups is 1. The number of carbonyl (C=O) groups excluding carboxylic acids is 1. The molecule has 0 atom stereocenters. The number of hydrogen-bond donors (Lipinski definition) is 1. The minimum Gasteiger partial charge on any atom is -0.497 e. The number of sulfonamides is 1. The number of methoxy groups -OCH3 is 1. The summed E-state index contributed by atoms with van der Waals surface area (Å²) in [5.41, 5.74) is 0.719. The van der Waals surface area contributed by atoms with Crippen LogP contribution in [0.25, 0.3) is 0 Å². The number of piperidine rings is 1. The van der Waals surface area contributed by atoms with E-state index in [1.807, 2.05) is 4.90 Å². The van der Waals surface area contributed by atoms with E-state index < -0.39 is 10.0 Å². The van der Waals surface area contributed by atoms with Crippen LogP contribution in [0.1, 0.15) is 31.9 Å². The molecule has 0 saturated carbocycles. The van der Waals surface area contributed by atoms with E-state index in [0.717, 1.165) is 31.6 Å². The number of likely N-dealkylation sites (tertiary alicyclic amines) is 1. The highest BCUT2D eigenvalue weighted by Crippen LogP contribution is 2.23. The van der Waals surface area contributed by atoms with Gasteiger partial charge >= 0.3 is 0 Å². The highest BCUT2D eigenvalue weighted by atomic mass is 32.2. The fourth-order valence-electron chi connectivity index (χ4n) is 3.05. The van der Waals surface area contributed by atoms with Crippen molar-refractivity contribution in [1.29, 1.82) is 0 Å². The number of rotatable bonds is 7. The summed E-state index contributed by atoms with van der Waals surface area (Å²) in [6.07, 6.45) is 3.01. The molecule has 1 amide bonds. The van der Waals surface area contributed by atoms with Crippen LogP contribution in [0.15, 0.2) is 34.5 Å². The summed E-state index contributed by atoms with van der Waals surface area (Å²) in [5.74, 6) is 1.41. The summed E-state index contributed by atoms with van der Waals surface area (Å²) in [7, 11) is -2.19. The van der Waals surface area contributed by atoms with Gasteiger partial charge in [0.1, 0.15) is 5.75 Å². The van der Waals surface area contributed by atoms with Gasteiger partial charge in [0.05, 0.1) is 17.7 Å². The highest BCUT2D eigenvalue weighted by Gasteiger charge is 2.21. The van der Waals surface area contributed by atoms with Crippen LogP contribution in [0.2, 0.25) is 0 Å². The lowest BCUT2D eigenvalue weighted by atomic mass is 9.99. The number of hydrogen-bond acceptors (Lipinski definition) is 6. The Bertz CT molecular complexity index is 902. The first-order valence-electron chi connectivity index (χ1n) is 9.26. The number of nitrogens with one attached hydrogen (secondary N) is 1. The molecule has 0 bridgehead atoms. The van der Waals surface area contributed by atoms with Gasteiger partial charge in [0, 0.05) is 24.9 Å². The van der Waals surface area contributed by atoms with E-state index in [4.69, 9.17) is 4.74 Å². The summed E-state index contributed by atoms with van der Waals surface area (Å²) in [5, 5.41) is 2.09. The van der Waals surface area contributed by atoms with Gasteiger partial charge in [-0.15, -0.1) is 11.3 Å². The smallest absolute Gasteiger partial charge is 0.263 e. The summed E-state index contributed by atoms with van der Waals surface area (Å²) in [6, 6.07) is 6.14. The van der Waals surface area contributed by atoms with Crippen LogP contribution in [-0.2, 0) is 21.2 Å².